The number of aromatic nitrogens is 5. The molecule has 0 spiro atoms. The van der Waals surface area contributed by atoms with Gasteiger partial charge in [-0.15, -0.1) is 0 Å². The summed E-state index contributed by atoms with van der Waals surface area (Å²) in [5.74, 6) is 0.650. The minimum absolute atomic E-state index is 0.602. The molecule has 6 heteroatoms. The van der Waals surface area contributed by atoms with Gasteiger partial charge < -0.3 is 9.13 Å². The summed E-state index contributed by atoms with van der Waals surface area (Å²) in [4.78, 5) is 14.8. The van der Waals surface area contributed by atoms with Crippen molar-refractivity contribution < 1.29 is 0 Å². The van der Waals surface area contributed by atoms with E-state index in [9.17, 15) is 5.26 Å². The van der Waals surface area contributed by atoms with Crippen LogP contribution in [0.3, 0.4) is 0 Å². The van der Waals surface area contributed by atoms with E-state index < -0.39 is 0 Å². The first-order valence-corrected chi connectivity index (χ1v) is 21.3. The van der Waals surface area contributed by atoms with E-state index in [0.29, 0.717) is 11.4 Å². The summed E-state index contributed by atoms with van der Waals surface area (Å²) in [7, 11) is 0. The van der Waals surface area contributed by atoms with Crippen molar-refractivity contribution in [3.05, 3.63) is 224 Å². The smallest absolute Gasteiger partial charge is 0.160 e. The minimum atomic E-state index is 0.602. The van der Waals surface area contributed by atoms with Crippen molar-refractivity contribution in [1.29, 1.82) is 5.26 Å². The molecule has 0 aliphatic heterocycles. The predicted octanol–water partition coefficient (Wildman–Crippen LogP) is 14.3. The molecule has 12 aromatic rings. The fraction of sp³-hybridized carbons (Fsp3) is 0. The molecule has 4 heterocycles. The average Bonchev–Trinajstić information content (AvgIpc) is 3.89. The topological polar surface area (TPSA) is 72.3 Å². The lowest BCUT2D eigenvalue weighted by Gasteiger charge is -2.17. The Morgan fingerprint density at radius 1 is 0.359 bits per heavy atom. The van der Waals surface area contributed by atoms with E-state index in [-0.39, 0.29) is 0 Å². The maximum Gasteiger partial charge on any atom is 0.160 e. The molecular weight excluding hydrogens is 781 g/mol. The first-order chi connectivity index (χ1) is 31.7. The number of pyridine rings is 1. The Kier molecular flexibility index (Phi) is 8.77. The Labute approximate surface area is 369 Å². The number of nitriles is 1. The second-order valence-electron chi connectivity index (χ2n) is 16.0. The van der Waals surface area contributed by atoms with E-state index in [1.165, 1.54) is 10.8 Å². The summed E-state index contributed by atoms with van der Waals surface area (Å²) in [6.07, 6.45) is 3.59. The zero-order valence-electron chi connectivity index (χ0n) is 34.5. The molecule has 8 aromatic carbocycles. The Morgan fingerprint density at radius 3 is 1.42 bits per heavy atom. The van der Waals surface area contributed by atoms with Crippen LogP contribution in [0.5, 0.6) is 0 Å². The number of fused-ring (bicyclic) bond motifs is 6. The molecule has 0 fully saturated rings. The second kappa shape index (κ2) is 15.2. The Balaban J connectivity index is 1.12. The summed E-state index contributed by atoms with van der Waals surface area (Å²) in [5.41, 5.74) is 15.8. The van der Waals surface area contributed by atoms with E-state index in [0.717, 1.165) is 94.5 Å². The number of rotatable bonds is 7. The molecule has 0 aliphatic carbocycles. The van der Waals surface area contributed by atoms with Gasteiger partial charge in [0.05, 0.1) is 56.5 Å². The Hall–Kier alpha value is -8.92. The van der Waals surface area contributed by atoms with Gasteiger partial charge in [0.15, 0.2) is 5.82 Å². The highest BCUT2D eigenvalue weighted by Crippen LogP contribution is 2.42. The van der Waals surface area contributed by atoms with Crippen LogP contribution in [0.25, 0.3) is 111 Å². The molecule has 0 unspecified atom stereocenters. The monoisotopic (exact) mass is 816 g/mol. The second-order valence-corrected chi connectivity index (χ2v) is 16.0. The van der Waals surface area contributed by atoms with Crippen molar-refractivity contribution in [2.75, 3.05) is 0 Å². The zero-order valence-corrected chi connectivity index (χ0v) is 34.5. The normalized spacial score (nSPS) is 11.4. The summed E-state index contributed by atoms with van der Waals surface area (Å²) in [5, 5.41) is 14.6. The van der Waals surface area contributed by atoms with Gasteiger partial charge in [-0.05, 0) is 96.1 Å². The van der Waals surface area contributed by atoms with Gasteiger partial charge in [0.1, 0.15) is 0 Å². The van der Waals surface area contributed by atoms with Crippen molar-refractivity contribution in [3.8, 4) is 73.6 Å². The largest absolute Gasteiger partial charge is 0.309 e. The van der Waals surface area contributed by atoms with Crippen LogP contribution < -0.4 is 0 Å². The first-order valence-electron chi connectivity index (χ1n) is 21.3. The van der Waals surface area contributed by atoms with Gasteiger partial charge in [-0.25, -0.2) is 9.97 Å². The lowest BCUT2D eigenvalue weighted by atomic mass is 9.97. The molecule has 0 radical (unpaired) electrons. The van der Waals surface area contributed by atoms with Crippen LogP contribution in [0.15, 0.2) is 219 Å². The van der Waals surface area contributed by atoms with Gasteiger partial charge in [-0.1, -0.05) is 121 Å². The molecule has 0 amide bonds. The van der Waals surface area contributed by atoms with Gasteiger partial charge in [0, 0.05) is 61.8 Å². The standard InChI is InChI=1S/C58H36N6/c59-37-38-23-26-55(47(33-38)39-29-31-60-32-30-39)64-54-22-12-9-19-46(54)49-34-42(24-27-57(49)64)48-35-43(25-28-56(48)63-52-20-10-7-17-44(52)45-18-8-11-21-53(45)63)58-61-50(40-13-3-1-4-14-40)36-51(62-58)41-15-5-2-6-16-41/h1-36H. The number of hydrogen-bond acceptors (Lipinski definition) is 4. The molecule has 0 atom stereocenters. The van der Waals surface area contributed by atoms with Crippen LogP contribution in [0, 0.1) is 11.3 Å². The van der Waals surface area contributed by atoms with E-state index >= 15 is 0 Å². The Morgan fingerprint density at radius 2 is 0.844 bits per heavy atom. The molecule has 0 bridgehead atoms. The average molecular weight is 817 g/mol. The van der Waals surface area contributed by atoms with Gasteiger partial charge in [-0.3, -0.25) is 4.98 Å². The quantitative estimate of drug-likeness (QED) is 0.161. The molecule has 0 aliphatic rings. The molecule has 12 rings (SSSR count). The highest BCUT2D eigenvalue weighted by Gasteiger charge is 2.21. The molecule has 0 N–H and O–H groups in total. The SMILES string of the molecule is N#Cc1ccc(-n2c3ccccc3c3cc(-c4cc(-c5nc(-c6ccccc6)cc(-c6ccccc6)n5)ccc4-n4c5ccccc5c5ccccc54)ccc32)c(-c2ccncc2)c1. The third kappa shape index (κ3) is 6.14. The lowest BCUT2D eigenvalue weighted by Crippen LogP contribution is -2.00. The van der Waals surface area contributed by atoms with Gasteiger partial charge in [0.2, 0.25) is 0 Å². The zero-order chi connectivity index (χ0) is 42.6. The van der Waals surface area contributed by atoms with Gasteiger partial charge in [0.25, 0.3) is 0 Å². The number of benzene rings is 8. The number of para-hydroxylation sites is 3. The van der Waals surface area contributed by atoms with Crippen LogP contribution in [-0.4, -0.2) is 24.1 Å². The molecule has 4 aromatic heterocycles. The van der Waals surface area contributed by atoms with E-state index in [1.807, 2.05) is 60.7 Å². The molecule has 64 heavy (non-hydrogen) atoms. The predicted molar refractivity (Wildman–Crippen MR) is 260 cm³/mol. The van der Waals surface area contributed by atoms with E-state index in [2.05, 4.69) is 166 Å². The Bertz CT molecular complexity index is 3680. The van der Waals surface area contributed by atoms with Crippen molar-refractivity contribution >= 4 is 43.6 Å². The highest BCUT2D eigenvalue weighted by atomic mass is 15.0. The molecule has 0 saturated heterocycles. The van der Waals surface area contributed by atoms with Crippen LogP contribution in [0.1, 0.15) is 5.56 Å². The minimum Gasteiger partial charge on any atom is -0.309 e. The van der Waals surface area contributed by atoms with Crippen LogP contribution in [0.2, 0.25) is 0 Å². The van der Waals surface area contributed by atoms with Crippen molar-refractivity contribution in [2.45, 2.75) is 0 Å². The third-order valence-electron chi connectivity index (χ3n) is 12.3. The van der Waals surface area contributed by atoms with E-state index in [4.69, 9.17) is 9.97 Å². The lowest BCUT2D eigenvalue weighted by molar-refractivity contribution is 1.16. The van der Waals surface area contributed by atoms with E-state index in [1.54, 1.807) is 12.4 Å². The first kappa shape index (κ1) is 36.9. The van der Waals surface area contributed by atoms with Gasteiger partial charge in [-0.2, -0.15) is 5.26 Å². The summed E-state index contributed by atoms with van der Waals surface area (Å²) in [6, 6.07) is 74.3. The van der Waals surface area contributed by atoms with Gasteiger partial charge >= 0.3 is 0 Å². The van der Waals surface area contributed by atoms with Crippen molar-refractivity contribution in [1.82, 2.24) is 24.1 Å². The number of hydrogen-bond donors (Lipinski definition) is 0. The van der Waals surface area contributed by atoms with Crippen LogP contribution >= 0.6 is 0 Å². The van der Waals surface area contributed by atoms with Crippen LogP contribution in [0.4, 0.5) is 0 Å². The highest BCUT2D eigenvalue weighted by molar-refractivity contribution is 6.12. The number of nitrogens with zero attached hydrogens (tertiary/aromatic N) is 6. The fourth-order valence-electron chi connectivity index (χ4n) is 9.34. The van der Waals surface area contributed by atoms with Crippen molar-refractivity contribution in [3.63, 3.8) is 0 Å². The molecular formula is C58H36N6. The van der Waals surface area contributed by atoms with Crippen LogP contribution in [-0.2, 0) is 0 Å². The molecule has 0 saturated carbocycles. The summed E-state index contributed by atoms with van der Waals surface area (Å²) in [6.45, 7) is 0. The fourth-order valence-corrected chi connectivity index (χ4v) is 9.34. The summed E-state index contributed by atoms with van der Waals surface area (Å²) < 4.78 is 4.72. The summed E-state index contributed by atoms with van der Waals surface area (Å²) >= 11 is 0. The maximum absolute atomic E-state index is 9.97. The van der Waals surface area contributed by atoms with Crippen molar-refractivity contribution in [2.24, 2.45) is 0 Å². The molecule has 298 valence electrons. The molecule has 6 nitrogen and oxygen atoms in total. The maximum atomic E-state index is 9.97. The third-order valence-corrected chi connectivity index (χ3v) is 12.3.